The minimum atomic E-state index is -0.598. The summed E-state index contributed by atoms with van der Waals surface area (Å²) in [4.78, 5) is 31.9. The quantitative estimate of drug-likeness (QED) is 0.649. The molecule has 0 aliphatic heterocycles. The maximum Gasteiger partial charge on any atom is 0.358 e. The Morgan fingerprint density at radius 2 is 2.14 bits per heavy atom. The van der Waals surface area contributed by atoms with Gasteiger partial charge in [-0.15, -0.1) is 11.3 Å². The van der Waals surface area contributed by atoms with Crippen LogP contribution in [0.1, 0.15) is 37.8 Å². The molecule has 2 heterocycles. The molecule has 8 heteroatoms. The number of anilines is 1. The predicted octanol–water partition coefficient (Wildman–Crippen LogP) is 2.55. The van der Waals surface area contributed by atoms with Gasteiger partial charge in [-0.2, -0.15) is 0 Å². The lowest BCUT2D eigenvalue weighted by Crippen LogP contribution is -2.08. The van der Waals surface area contributed by atoms with Gasteiger partial charge in [0.2, 0.25) is 0 Å². The van der Waals surface area contributed by atoms with Crippen molar-refractivity contribution in [3.8, 4) is 0 Å². The Morgan fingerprint density at radius 3 is 2.71 bits per heavy atom. The Morgan fingerprint density at radius 1 is 1.38 bits per heavy atom. The van der Waals surface area contributed by atoms with Crippen molar-refractivity contribution in [1.82, 2.24) is 9.97 Å². The summed E-state index contributed by atoms with van der Waals surface area (Å²) in [6.45, 7) is 4.00. The first-order valence-corrected chi connectivity index (χ1v) is 7.96. The number of hydrogen-bond donors (Lipinski definition) is 1. The first-order chi connectivity index (χ1) is 10.0. The average molecular weight is 325 g/mol. The van der Waals surface area contributed by atoms with Crippen LogP contribution in [0.3, 0.4) is 0 Å². The topological polar surface area (TPSA) is 81.2 Å². The standard InChI is InChI=1S/C13H15N3O3S2/c1-7(17)11-10(12(18)19-3)16-13(21-11)14-5-4-9-6-20-8(2)15-9/h6H,4-5H2,1-3H3,(H,14,16). The number of nitrogens with zero attached hydrogens (tertiary/aromatic N) is 2. The van der Waals surface area contributed by atoms with E-state index in [9.17, 15) is 9.59 Å². The number of rotatable bonds is 6. The van der Waals surface area contributed by atoms with Crippen LogP contribution in [0.4, 0.5) is 5.13 Å². The molecule has 0 aromatic carbocycles. The summed E-state index contributed by atoms with van der Waals surface area (Å²) >= 11 is 2.77. The van der Waals surface area contributed by atoms with Crippen LogP contribution in [0.5, 0.6) is 0 Å². The van der Waals surface area contributed by atoms with E-state index in [0.717, 1.165) is 28.5 Å². The van der Waals surface area contributed by atoms with E-state index in [-0.39, 0.29) is 11.5 Å². The monoisotopic (exact) mass is 325 g/mol. The average Bonchev–Trinajstić information content (AvgIpc) is 3.05. The van der Waals surface area contributed by atoms with Crippen LogP contribution < -0.4 is 5.32 Å². The van der Waals surface area contributed by atoms with E-state index in [2.05, 4.69) is 20.0 Å². The van der Waals surface area contributed by atoms with E-state index in [1.807, 2.05) is 12.3 Å². The van der Waals surface area contributed by atoms with Gasteiger partial charge >= 0.3 is 5.97 Å². The molecule has 0 saturated heterocycles. The number of ketones is 1. The minimum Gasteiger partial charge on any atom is -0.464 e. The first kappa shape index (κ1) is 15.6. The molecule has 2 aromatic heterocycles. The molecular weight excluding hydrogens is 310 g/mol. The highest BCUT2D eigenvalue weighted by atomic mass is 32.1. The van der Waals surface area contributed by atoms with Gasteiger partial charge in [-0.1, -0.05) is 11.3 Å². The van der Waals surface area contributed by atoms with Gasteiger partial charge in [0.25, 0.3) is 0 Å². The highest BCUT2D eigenvalue weighted by Gasteiger charge is 2.21. The minimum absolute atomic E-state index is 0.0713. The molecular formula is C13H15N3O3S2. The number of aryl methyl sites for hydroxylation is 1. The van der Waals surface area contributed by atoms with E-state index in [1.165, 1.54) is 14.0 Å². The van der Waals surface area contributed by atoms with Crippen LogP contribution in [0.15, 0.2) is 5.38 Å². The fourth-order valence-electron chi connectivity index (χ4n) is 1.69. The van der Waals surface area contributed by atoms with Gasteiger partial charge in [0.05, 0.1) is 17.8 Å². The lowest BCUT2D eigenvalue weighted by atomic mass is 10.3. The number of nitrogens with one attached hydrogen (secondary N) is 1. The van der Waals surface area contributed by atoms with Gasteiger partial charge in [0.1, 0.15) is 4.88 Å². The largest absolute Gasteiger partial charge is 0.464 e. The smallest absolute Gasteiger partial charge is 0.358 e. The van der Waals surface area contributed by atoms with E-state index in [4.69, 9.17) is 0 Å². The van der Waals surface area contributed by atoms with Crippen molar-refractivity contribution < 1.29 is 14.3 Å². The normalized spacial score (nSPS) is 10.4. The molecule has 2 aromatic rings. The van der Waals surface area contributed by atoms with Crippen molar-refractivity contribution in [2.75, 3.05) is 19.0 Å². The third-order valence-corrected chi connectivity index (χ3v) is 4.59. The Kier molecular flexibility index (Phi) is 5.03. The molecule has 0 unspecified atom stereocenters. The molecule has 21 heavy (non-hydrogen) atoms. The number of carbonyl (C=O) groups excluding carboxylic acids is 2. The third-order valence-electron chi connectivity index (χ3n) is 2.65. The first-order valence-electron chi connectivity index (χ1n) is 6.26. The van der Waals surface area contributed by atoms with Crippen molar-refractivity contribution >= 4 is 39.6 Å². The lowest BCUT2D eigenvalue weighted by molar-refractivity contribution is 0.0591. The van der Waals surface area contributed by atoms with Crippen molar-refractivity contribution in [2.24, 2.45) is 0 Å². The maximum absolute atomic E-state index is 11.6. The van der Waals surface area contributed by atoms with Gasteiger partial charge in [0, 0.05) is 25.3 Å². The van der Waals surface area contributed by atoms with Crippen LogP contribution in [-0.2, 0) is 11.2 Å². The summed E-state index contributed by atoms with van der Waals surface area (Å²) in [6, 6.07) is 0. The molecule has 2 rings (SSSR count). The van der Waals surface area contributed by atoms with Crippen molar-refractivity contribution in [1.29, 1.82) is 0 Å². The van der Waals surface area contributed by atoms with E-state index in [0.29, 0.717) is 16.6 Å². The van der Waals surface area contributed by atoms with Crippen LogP contribution in [0.25, 0.3) is 0 Å². The summed E-state index contributed by atoms with van der Waals surface area (Å²) < 4.78 is 4.63. The molecule has 0 radical (unpaired) electrons. The Hall–Kier alpha value is -1.80. The molecule has 0 aliphatic carbocycles. The zero-order valence-corrected chi connectivity index (χ0v) is 13.6. The molecule has 112 valence electrons. The second-order valence-corrected chi connectivity index (χ2v) is 6.34. The number of ether oxygens (including phenoxy) is 1. The molecule has 0 spiro atoms. The summed E-state index contributed by atoms with van der Waals surface area (Å²) in [6.07, 6.45) is 0.757. The summed E-state index contributed by atoms with van der Waals surface area (Å²) in [5.74, 6) is -0.796. The zero-order valence-electron chi connectivity index (χ0n) is 11.9. The number of aromatic nitrogens is 2. The number of Topliss-reactive ketones (excluding diaryl/α,β-unsaturated/α-hetero) is 1. The lowest BCUT2D eigenvalue weighted by Gasteiger charge is -1.99. The van der Waals surface area contributed by atoms with Crippen LogP contribution in [-0.4, -0.2) is 35.4 Å². The second kappa shape index (κ2) is 6.77. The molecule has 0 aliphatic rings. The van der Waals surface area contributed by atoms with Crippen LogP contribution in [0.2, 0.25) is 0 Å². The summed E-state index contributed by atoms with van der Waals surface area (Å²) in [7, 11) is 1.27. The Balaban J connectivity index is 2.03. The molecule has 0 fully saturated rings. The van der Waals surface area contributed by atoms with Gasteiger partial charge in [-0.05, 0) is 6.92 Å². The molecule has 0 saturated carbocycles. The molecule has 1 N–H and O–H groups in total. The molecule has 0 amide bonds. The summed E-state index contributed by atoms with van der Waals surface area (Å²) in [5.41, 5.74) is 1.09. The molecule has 0 bridgehead atoms. The fraction of sp³-hybridized carbons (Fsp3) is 0.385. The number of hydrogen-bond acceptors (Lipinski definition) is 8. The van der Waals surface area contributed by atoms with Crippen molar-refractivity contribution in [3.05, 3.63) is 26.7 Å². The Labute approximate surface area is 130 Å². The van der Waals surface area contributed by atoms with E-state index >= 15 is 0 Å². The maximum atomic E-state index is 11.6. The van der Waals surface area contributed by atoms with Crippen molar-refractivity contribution in [2.45, 2.75) is 20.3 Å². The highest BCUT2D eigenvalue weighted by Crippen LogP contribution is 2.24. The molecule has 6 nitrogen and oxygen atoms in total. The molecule has 0 atom stereocenters. The fourth-order valence-corrected chi connectivity index (χ4v) is 3.21. The number of carbonyl (C=O) groups is 2. The van der Waals surface area contributed by atoms with E-state index < -0.39 is 5.97 Å². The number of thiazole rings is 2. The second-order valence-electron chi connectivity index (χ2n) is 4.28. The highest BCUT2D eigenvalue weighted by molar-refractivity contribution is 7.17. The van der Waals surface area contributed by atoms with Gasteiger partial charge in [0.15, 0.2) is 16.6 Å². The van der Waals surface area contributed by atoms with Crippen LogP contribution >= 0.6 is 22.7 Å². The number of esters is 1. The summed E-state index contributed by atoms with van der Waals surface area (Å²) in [5, 5.41) is 6.69. The van der Waals surface area contributed by atoms with Gasteiger partial charge in [-0.3, -0.25) is 4.79 Å². The Bertz CT molecular complexity index is 663. The van der Waals surface area contributed by atoms with Crippen molar-refractivity contribution in [3.63, 3.8) is 0 Å². The van der Waals surface area contributed by atoms with Crippen LogP contribution in [0, 0.1) is 6.92 Å². The van der Waals surface area contributed by atoms with Gasteiger partial charge < -0.3 is 10.1 Å². The zero-order chi connectivity index (χ0) is 15.4. The van der Waals surface area contributed by atoms with Gasteiger partial charge in [-0.25, -0.2) is 14.8 Å². The SMILES string of the molecule is COC(=O)c1nc(NCCc2csc(C)n2)sc1C(C)=O. The predicted molar refractivity (Wildman–Crippen MR) is 82.5 cm³/mol. The third kappa shape index (κ3) is 3.85. The number of methoxy groups -OCH3 is 1. The van der Waals surface area contributed by atoms with E-state index in [1.54, 1.807) is 11.3 Å².